The average Bonchev–Trinajstić information content (AvgIpc) is 2.46. The second-order valence-corrected chi connectivity index (χ2v) is 7.30. The molecule has 3 fully saturated rings. The minimum Gasteiger partial charge on any atom is -0.480 e. The molecule has 4 unspecified atom stereocenters. The zero-order valence-electron chi connectivity index (χ0n) is 12.4. The van der Waals surface area contributed by atoms with Crippen molar-refractivity contribution >= 4 is 5.97 Å². The number of hydrogen-bond acceptors (Lipinski definition) is 3. The van der Waals surface area contributed by atoms with Gasteiger partial charge in [0.25, 0.3) is 0 Å². The molecule has 0 amide bonds. The lowest BCUT2D eigenvalue weighted by Crippen LogP contribution is -2.57. The number of piperidine rings is 1. The molecular formula is C16H28N2O2. The van der Waals surface area contributed by atoms with Gasteiger partial charge in [-0.15, -0.1) is 0 Å². The van der Waals surface area contributed by atoms with Crippen molar-refractivity contribution in [3.8, 4) is 0 Å². The normalized spacial score (nSPS) is 43.0. The number of aliphatic carboxylic acids is 1. The third-order valence-electron chi connectivity index (χ3n) is 6.03. The van der Waals surface area contributed by atoms with Crippen LogP contribution in [0.4, 0.5) is 0 Å². The Bertz CT molecular complexity index is 373. The van der Waals surface area contributed by atoms with Crippen molar-refractivity contribution < 1.29 is 9.90 Å². The number of hydrogen-bond donors (Lipinski definition) is 2. The van der Waals surface area contributed by atoms with Crippen LogP contribution in [0.25, 0.3) is 0 Å². The molecule has 20 heavy (non-hydrogen) atoms. The molecule has 4 atom stereocenters. The monoisotopic (exact) mass is 280 g/mol. The first-order chi connectivity index (χ1) is 9.58. The number of fused-ring (bicyclic) bond motifs is 1. The summed E-state index contributed by atoms with van der Waals surface area (Å²) in [5, 5.41) is 9.36. The van der Waals surface area contributed by atoms with E-state index in [1.165, 1.54) is 38.6 Å². The van der Waals surface area contributed by atoms with E-state index in [0.717, 1.165) is 31.2 Å². The Morgan fingerprint density at radius 2 is 1.85 bits per heavy atom. The smallest absolute Gasteiger partial charge is 0.323 e. The van der Waals surface area contributed by atoms with Gasteiger partial charge in [-0.05, 0) is 56.9 Å². The Morgan fingerprint density at radius 1 is 1.10 bits per heavy atom. The highest BCUT2D eigenvalue weighted by atomic mass is 16.4. The van der Waals surface area contributed by atoms with E-state index in [1.807, 2.05) is 0 Å². The largest absolute Gasteiger partial charge is 0.480 e. The summed E-state index contributed by atoms with van der Waals surface area (Å²) in [4.78, 5) is 14.0. The lowest BCUT2D eigenvalue weighted by atomic mass is 9.73. The summed E-state index contributed by atoms with van der Waals surface area (Å²) in [6.45, 7) is 2.34. The van der Waals surface area contributed by atoms with E-state index in [1.54, 1.807) is 0 Å². The van der Waals surface area contributed by atoms with Crippen LogP contribution < -0.4 is 5.73 Å². The van der Waals surface area contributed by atoms with Gasteiger partial charge in [0.15, 0.2) is 0 Å². The molecule has 0 radical (unpaired) electrons. The Kier molecular flexibility index (Phi) is 4.04. The summed E-state index contributed by atoms with van der Waals surface area (Å²) in [5.74, 6) is 0.983. The van der Waals surface area contributed by atoms with Crippen molar-refractivity contribution in [2.75, 3.05) is 13.1 Å². The van der Waals surface area contributed by atoms with Gasteiger partial charge in [-0.25, -0.2) is 0 Å². The van der Waals surface area contributed by atoms with Crippen LogP contribution >= 0.6 is 0 Å². The van der Waals surface area contributed by atoms with E-state index >= 15 is 0 Å². The van der Waals surface area contributed by atoms with Gasteiger partial charge < -0.3 is 15.7 Å². The van der Waals surface area contributed by atoms with Crippen molar-refractivity contribution in [2.45, 2.75) is 69.4 Å². The van der Waals surface area contributed by atoms with Gasteiger partial charge in [0, 0.05) is 12.6 Å². The number of nitrogens with zero attached hydrogens (tertiary/aromatic N) is 1. The van der Waals surface area contributed by atoms with Gasteiger partial charge in [0.1, 0.15) is 5.54 Å². The number of carbonyl (C=O) groups is 1. The van der Waals surface area contributed by atoms with Crippen molar-refractivity contribution in [3.05, 3.63) is 0 Å². The van der Waals surface area contributed by atoms with E-state index in [4.69, 9.17) is 5.73 Å². The fourth-order valence-electron chi connectivity index (χ4n) is 4.74. The van der Waals surface area contributed by atoms with Crippen molar-refractivity contribution in [2.24, 2.45) is 17.6 Å². The van der Waals surface area contributed by atoms with E-state index in [9.17, 15) is 9.90 Å². The van der Waals surface area contributed by atoms with Crippen molar-refractivity contribution in [1.29, 1.82) is 0 Å². The molecule has 3 rings (SSSR count). The second-order valence-electron chi connectivity index (χ2n) is 7.30. The number of nitrogens with two attached hydrogens (primary N) is 1. The lowest BCUT2D eigenvalue weighted by Gasteiger charge is -2.47. The summed E-state index contributed by atoms with van der Waals surface area (Å²) < 4.78 is 0. The number of likely N-dealkylation sites (tertiary alicyclic amines) is 1. The van der Waals surface area contributed by atoms with E-state index in [0.29, 0.717) is 18.9 Å². The van der Waals surface area contributed by atoms with Crippen LogP contribution in [0.1, 0.15) is 57.8 Å². The van der Waals surface area contributed by atoms with Gasteiger partial charge >= 0.3 is 5.97 Å². The molecular weight excluding hydrogens is 252 g/mol. The maximum atomic E-state index is 11.4. The molecule has 2 aliphatic carbocycles. The second kappa shape index (κ2) is 5.64. The molecule has 0 spiro atoms. The molecule has 4 heteroatoms. The molecule has 1 heterocycles. The first kappa shape index (κ1) is 14.3. The summed E-state index contributed by atoms with van der Waals surface area (Å²) in [5.41, 5.74) is 5.12. The van der Waals surface area contributed by atoms with Crippen molar-refractivity contribution in [1.82, 2.24) is 4.90 Å². The third kappa shape index (κ3) is 2.73. The molecule has 114 valence electrons. The summed E-state index contributed by atoms with van der Waals surface area (Å²) in [7, 11) is 0. The molecule has 0 aromatic rings. The van der Waals surface area contributed by atoms with Gasteiger partial charge in [-0.3, -0.25) is 4.79 Å². The zero-order valence-corrected chi connectivity index (χ0v) is 12.4. The van der Waals surface area contributed by atoms with Crippen LogP contribution in [0.5, 0.6) is 0 Å². The fraction of sp³-hybridized carbons (Fsp3) is 0.938. The molecule has 0 aromatic heterocycles. The van der Waals surface area contributed by atoms with Crippen LogP contribution in [0.2, 0.25) is 0 Å². The van der Waals surface area contributed by atoms with Gasteiger partial charge in [-0.2, -0.15) is 0 Å². The van der Waals surface area contributed by atoms with E-state index in [-0.39, 0.29) is 0 Å². The standard InChI is InChI=1S/C16H28N2O2/c17-16(15(19)20)8-3-6-14(10-16)18-9-7-12-4-1-2-5-13(12)11-18/h12-14H,1-11,17H2,(H,19,20). The summed E-state index contributed by atoms with van der Waals surface area (Å²) in [6, 6.07) is 0.396. The number of carboxylic acids is 1. The lowest BCUT2D eigenvalue weighted by molar-refractivity contribution is -0.145. The molecule has 3 aliphatic rings. The Balaban J connectivity index is 1.63. The summed E-state index contributed by atoms with van der Waals surface area (Å²) >= 11 is 0. The van der Waals surface area contributed by atoms with E-state index in [2.05, 4.69) is 4.90 Å². The minimum absolute atomic E-state index is 0.396. The Morgan fingerprint density at radius 3 is 2.60 bits per heavy atom. The highest BCUT2D eigenvalue weighted by molar-refractivity contribution is 5.78. The maximum Gasteiger partial charge on any atom is 0.323 e. The predicted octanol–water partition coefficient (Wildman–Crippen LogP) is 2.22. The fourth-order valence-corrected chi connectivity index (χ4v) is 4.74. The topological polar surface area (TPSA) is 66.6 Å². The first-order valence-electron chi connectivity index (χ1n) is 8.35. The first-order valence-corrected chi connectivity index (χ1v) is 8.35. The van der Waals surface area contributed by atoms with Crippen LogP contribution in [0.3, 0.4) is 0 Å². The highest BCUT2D eigenvalue weighted by Gasteiger charge is 2.42. The maximum absolute atomic E-state index is 11.4. The van der Waals surface area contributed by atoms with Crippen LogP contribution in [0.15, 0.2) is 0 Å². The Labute approximate surface area is 121 Å². The average molecular weight is 280 g/mol. The number of carboxylic acid groups (broad SMARTS) is 1. The molecule has 1 aliphatic heterocycles. The Hall–Kier alpha value is -0.610. The molecule has 0 bridgehead atoms. The molecule has 2 saturated carbocycles. The molecule has 3 N–H and O–H groups in total. The molecule has 1 saturated heterocycles. The predicted molar refractivity (Wildman–Crippen MR) is 78.4 cm³/mol. The minimum atomic E-state index is -0.980. The zero-order chi connectivity index (χ0) is 14.2. The molecule has 0 aromatic carbocycles. The van der Waals surface area contributed by atoms with Gasteiger partial charge in [-0.1, -0.05) is 19.3 Å². The van der Waals surface area contributed by atoms with Gasteiger partial charge in [0.2, 0.25) is 0 Å². The number of rotatable bonds is 2. The SMILES string of the molecule is NC1(C(=O)O)CCCC(N2CCC3CCCCC3C2)C1. The van der Waals surface area contributed by atoms with Crippen molar-refractivity contribution in [3.63, 3.8) is 0 Å². The third-order valence-corrected chi connectivity index (χ3v) is 6.03. The summed E-state index contributed by atoms with van der Waals surface area (Å²) in [6.07, 6.45) is 10.3. The quantitative estimate of drug-likeness (QED) is 0.814. The van der Waals surface area contributed by atoms with Gasteiger partial charge in [0.05, 0.1) is 0 Å². The van der Waals surface area contributed by atoms with Crippen LogP contribution in [-0.4, -0.2) is 40.6 Å². The molecule has 4 nitrogen and oxygen atoms in total. The van der Waals surface area contributed by atoms with Crippen LogP contribution in [0, 0.1) is 11.8 Å². The van der Waals surface area contributed by atoms with E-state index < -0.39 is 11.5 Å². The highest BCUT2D eigenvalue weighted by Crippen LogP contribution is 2.39. The van der Waals surface area contributed by atoms with Crippen LogP contribution in [-0.2, 0) is 4.79 Å².